The van der Waals surface area contributed by atoms with E-state index in [4.69, 9.17) is 10.8 Å². The number of nitrogens with two attached hydrogens (primary N) is 1. The molecule has 1 heterocycles. The highest BCUT2D eigenvalue weighted by Crippen LogP contribution is 2.23. The van der Waals surface area contributed by atoms with Gasteiger partial charge in [0, 0.05) is 22.2 Å². The molecule has 0 aliphatic heterocycles. The van der Waals surface area contributed by atoms with Gasteiger partial charge in [-0.15, -0.1) is 23.7 Å². The van der Waals surface area contributed by atoms with Gasteiger partial charge in [-0.25, -0.2) is 0 Å². The largest absolute Gasteiger partial charge is 0.395 e. The van der Waals surface area contributed by atoms with Crippen LogP contribution in [0.25, 0.3) is 0 Å². The molecular weight excluding hydrogens is 342 g/mol. The Morgan fingerprint density at radius 2 is 1.75 bits per heavy atom. The first-order valence-electron chi connectivity index (χ1n) is 8.80. The molecule has 0 bridgehead atoms. The molecule has 0 radical (unpaired) electrons. The van der Waals surface area contributed by atoms with Crippen LogP contribution in [0.2, 0.25) is 0 Å². The molecule has 1 aromatic heterocycles. The van der Waals surface area contributed by atoms with Gasteiger partial charge in [0.2, 0.25) is 0 Å². The number of thiophene rings is 1. The van der Waals surface area contributed by atoms with Crippen molar-refractivity contribution in [1.82, 2.24) is 0 Å². The third-order valence-electron chi connectivity index (χ3n) is 3.92. The molecule has 0 aliphatic carbocycles. The van der Waals surface area contributed by atoms with E-state index in [0.29, 0.717) is 0 Å². The molecule has 0 amide bonds. The average molecular weight is 374 g/mol. The quantitative estimate of drug-likeness (QED) is 0.397. The van der Waals surface area contributed by atoms with Crippen LogP contribution in [-0.4, -0.2) is 22.9 Å². The fourth-order valence-corrected chi connectivity index (χ4v) is 3.30. The van der Waals surface area contributed by atoms with Crippen molar-refractivity contribution in [2.24, 2.45) is 5.73 Å². The summed E-state index contributed by atoms with van der Waals surface area (Å²) < 4.78 is 0. The van der Waals surface area contributed by atoms with Crippen molar-refractivity contribution in [2.75, 3.05) is 6.61 Å². The number of rotatable bonds is 11. The SMILES string of the molecule is CCCCCCCCCCC#Cc1csc([C@@H](O)[C@@H](N)CO)c1.Cl. The highest BCUT2D eigenvalue weighted by atomic mass is 35.5. The van der Waals surface area contributed by atoms with E-state index in [2.05, 4.69) is 18.8 Å². The van der Waals surface area contributed by atoms with Gasteiger partial charge in [-0.2, -0.15) is 0 Å². The van der Waals surface area contributed by atoms with E-state index in [-0.39, 0.29) is 19.0 Å². The van der Waals surface area contributed by atoms with Gasteiger partial charge in [-0.1, -0.05) is 63.7 Å². The first-order chi connectivity index (χ1) is 11.2. The molecule has 2 atom stereocenters. The Bertz CT molecular complexity index is 481. The third-order valence-corrected chi connectivity index (χ3v) is 4.92. The summed E-state index contributed by atoms with van der Waals surface area (Å²) in [4.78, 5) is 0.767. The lowest BCUT2D eigenvalue weighted by molar-refractivity contribution is 0.112. The van der Waals surface area contributed by atoms with E-state index in [1.165, 1.54) is 56.3 Å². The van der Waals surface area contributed by atoms with Crippen LogP contribution in [0.5, 0.6) is 0 Å². The summed E-state index contributed by atoms with van der Waals surface area (Å²) in [6.07, 6.45) is 10.6. The first kappa shape index (κ1) is 23.4. The van der Waals surface area contributed by atoms with Gasteiger partial charge in [-0.3, -0.25) is 0 Å². The molecule has 0 aliphatic rings. The minimum absolute atomic E-state index is 0. The lowest BCUT2D eigenvalue weighted by atomic mass is 10.1. The van der Waals surface area contributed by atoms with Crippen LogP contribution in [0.1, 0.15) is 81.3 Å². The maximum atomic E-state index is 9.93. The van der Waals surface area contributed by atoms with Crippen molar-refractivity contribution in [3.05, 3.63) is 21.9 Å². The molecule has 0 spiro atoms. The summed E-state index contributed by atoms with van der Waals surface area (Å²) in [6, 6.07) is 1.23. The minimum atomic E-state index is -0.812. The van der Waals surface area contributed by atoms with E-state index in [0.717, 1.165) is 23.3 Å². The molecule has 1 aromatic rings. The second-order valence-corrected chi connectivity index (χ2v) is 7.00. The summed E-state index contributed by atoms with van der Waals surface area (Å²) in [5.41, 5.74) is 6.56. The number of halogens is 1. The smallest absolute Gasteiger partial charge is 0.105 e. The van der Waals surface area contributed by atoms with Gasteiger partial charge in [0.15, 0.2) is 0 Å². The van der Waals surface area contributed by atoms with Crippen LogP contribution < -0.4 is 5.73 Å². The fraction of sp³-hybridized carbons (Fsp3) is 0.684. The molecule has 138 valence electrons. The van der Waals surface area contributed by atoms with Crippen molar-refractivity contribution >= 4 is 23.7 Å². The number of aliphatic hydroxyl groups excluding tert-OH is 2. The second-order valence-electron chi connectivity index (χ2n) is 6.06. The third kappa shape index (κ3) is 9.66. The zero-order chi connectivity index (χ0) is 16.9. The molecule has 4 N–H and O–H groups in total. The molecule has 3 nitrogen and oxygen atoms in total. The summed E-state index contributed by atoms with van der Waals surface area (Å²) in [5, 5.41) is 20.8. The minimum Gasteiger partial charge on any atom is -0.395 e. The van der Waals surface area contributed by atoms with Gasteiger partial charge in [0.25, 0.3) is 0 Å². The van der Waals surface area contributed by atoms with Crippen molar-refractivity contribution in [1.29, 1.82) is 0 Å². The first-order valence-corrected chi connectivity index (χ1v) is 9.68. The van der Waals surface area contributed by atoms with Crippen molar-refractivity contribution in [3.63, 3.8) is 0 Å². The topological polar surface area (TPSA) is 66.5 Å². The molecule has 24 heavy (non-hydrogen) atoms. The van der Waals surface area contributed by atoms with Gasteiger partial charge < -0.3 is 15.9 Å². The fourth-order valence-electron chi connectivity index (χ4n) is 2.40. The molecule has 1 rings (SSSR count). The summed E-state index contributed by atoms with van der Waals surface area (Å²) in [7, 11) is 0. The lowest BCUT2D eigenvalue weighted by Gasteiger charge is -2.14. The standard InChI is InChI=1S/C19H31NO2S.ClH/c1-2-3-4-5-6-7-8-9-10-11-12-16-13-18(23-15-16)19(22)17(20)14-21;/h13,15,17,19,21-22H,2-10,14,20H2,1H3;1H/t17-,19-;/m0./s1. The Morgan fingerprint density at radius 3 is 2.38 bits per heavy atom. The van der Waals surface area contributed by atoms with Crippen molar-refractivity contribution in [3.8, 4) is 11.8 Å². The van der Waals surface area contributed by atoms with Gasteiger partial charge in [-0.05, 0) is 12.5 Å². The zero-order valence-corrected chi connectivity index (χ0v) is 16.3. The molecular formula is C19H32ClNO2S. The summed E-state index contributed by atoms with van der Waals surface area (Å²) in [6.45, 7) is 2.02. The Balaban J connectivity index is 0.00000529. The van der Waals surface area contributed by atoms with E-state index >= 15 is 0 Å². The number of hydrogen-bond donors (Lipinski definition) is 3. The molecule has 0 fully saturated rings. The van der Waals surface area contributed by atoms with Crippen LogP contribution in [-0.2, 0) is 0 Å². The van der Waals surface area contributed by atoms with E-state index in [1.807, 2.05) is 11.4 Å². The van der Waals surface area contributed by atoms with Crippen LogP contribution in [0.4, 0.5) is 0 Å². The van der Waals surface area contributed by atoms with Crippen LogP contribution in [0.3, 0.4) is 0 Å². The van der Waals surface area contributed by atoms with Gasteiger partial charge in [0.05, 0.1) is 12.6 Å². The van der Waals surface area contributed by atoms with Gasteiger partial charge in [0.1, 0.15) is 6.10 Å². The van der Waals surface area contributed by atoms with Crippen LogP contribution in [0.15, 0.2) is 11.4 Å². The number of hydrogen-bond acceptors (Lipinski definition) is 4. The average Bonchev–Trinajstić information content (AvgIpc) is 3.04. The van der Waals surface area contributed by atoms with E-state index in [9.17, 15) is 5.11 Å². The molecule has 0 saturated heterocycles. The van der Waals surface area contributed by atoms with Crippen molar-refractivity contribution in [2.45, 2.75) is 76.9 Å². The normalized spacial score (nSPS) is 12.8. The molecule has 5 heteroatoms. The molecule has 0 unspecified atom stereocenters. The maximum Gasteiger partial charge on any atom is 0.105 e. The van der Waals surface area contributed by atoms with Crippen LogP contribution in [0, 0.1) is 11.8 Å². The highest BCUT2D eigenvalue weighted by Gasteiger charge is 2.17. The van der Waals surface area contributed by atoms with E-state index < -0.39 is 12.1 Å². The summed E-state index contributed by atoms with van der Waals surface area (Å²) >= 11 is 1.44. The maximum absolute atomic E-state index is 9.93. The molecule has 0 aromatic carbocycles. The van der Waals surface area contributed by atoms with E-state index in [1.54, 1.807) is 0 Å². The predicted octanol–water partition coefficient (Wildman–Crippen LogP) is 4.41. The molecule has 0 saturated carbocycles. The van der Waals surface area contributed by atoms with Crippen molar-refractivity contribution < 1.29 is 10.2 Å². The highest BCUT2D eigenvalue weighted by molar-refractivity contribution is 7.10. The predicted molar refractivity (Wildman–Crippen MR) is 106 cm³/mol. The lowest BCUT2D eigenvalue weighted by Crippen LogP contribution is -2.31. The summed E-state index contributed by atoms with van der Waals surface area (Å²) in [5.74, 6) is 6.34. The van der Waals surface area contributed by atoms with Gasteiger partial charge >= 0.3 is 0 Å². The second kappa shape index (κ2) is 14.7. The monoisotopic (exact) mass is 373 g/mol. The number of unbranched alkanes of at least 4 members (excludes halogenated alkanes) is 8. The Hall–Kier alpha value is -0.570. The Kier molecular flexibility index (Phi) is 14.4. The number of aliphatic hydroxyl groups is 2. The van der Waals surface area contributed by atoms with Crippen LogP contribution >= 0.6 is 23.7 Å². The Morgan fingerprint density at radius 1 is 1.12 bits per heavy atom. The Labute approximate surface area is 157 Å². The zero-order valence-electron chi connectivity index (χ0n) is 14.7.